The molecule has 0 bridgehead atoms. The highest BCUT2D eigenvalue weighted by atomic mass is 16.5. The minimum Gasteiger partial charge on any atom is -0.508 e. The van der Waals surface area contributed by atoms with Crippen LogP contribution in [0.15, 0.2) is 24.3 Å². The molecule has 4 nitrogen and oxygen atoms in total. The van der Waals surface area contributed by atoms with Crippen LogP contribution in [0.3, 0.4) is 0 Å². The fourth-order valence-corrected chi connectivity index (χ4v) is 0.799. The Morgan fingerprint density at radius 1 is 1.31 bits per heavy atom. The smallest absolute Gasteiger partial charge is 0.306 e. The maximum absolute atomic E-state index is 10.1. The van der Waals surface area contributed by atoms with E-state index in [9.17, 15) is 4.79 Å². The lowest BCUT2D eigenvalue weighted by molar-refractivity contribution is -0.137. The number of hydrogen-bond donors (Lipinski definition) is 2. The molecule has 0 aliphatic heterocycles. The van der Waals surface area contributed by atoms with Gasteiger partial charge in [0, 0.05) is 0 Å². The van der Waals surface area contributed by atoms with E-state index in [2.05, 4.69) is 0 Å². The van der Waals surface area contributed by atoms with Crippen molar-refractivity contribution in [3.63, 3.8) is 0 Å². The second-order valence-electron chi connectivity index (χ2n) is 2.49. The van der Waals surface area contributed by atoms with Crippen LogP contribution in [0, 0.1) is 0 Å². The Hall–Kier alpha value is -1.71. The number of phenolic OH excluding ortho intramolecular Hbond substituents is 1. The van der Waals surface area contributed by atoms with Crippen LogP contribution in [-0.4, -0.2) is 22.8 Å². The highest BCUT2D eigenvalue weighted by Crippen LogP contribution is 2.15. The van der Waals surface area contributed by atoms with Crippen molar-refractivity contribution in [3.8, 4) is 11.5 Å². The van der Waals surface area contributed by atoms with Gasteiger partial charge in [0.25, 0.3) is 0 Å². The van der Waals surface area contributed by atoms with Gasteiger partial charge in [0.05, 0.1) is 13.0 Å². The number of aliphatic carboxylic acids is 1. The van der Waals surface area contributed by atoms with E-state index in [1.54, 1.807) is 12.1 Å². The summed E-state index contributed by atoms with van der Waals surface area (Å²) in [4.78, 5) is 10.1. The Morgan fingerprint density at radius 2 is 1.92 bits per heavy atom. The molecule has 1 aromatic rings. The van der Waals surface area contributed by atoms with Gasteiger partial charge in [-0.05, 0) is 24.3 Å². The van der Waals surface area contributed by atoms with E-state index in [4.69, 9.17) is 14.9 Å². The molecule has 4 heteroatoms. The zero-order chi connectivity index (χ0) is 9.68. The summed E-state index contributed by atoms with van der Waals surface area (Å²) in [5.74, 6) is -0.177. The van der Waals surface area contributed by atoms with E-state index in [1.807, 2.05) is 0 Å². The van der Waals surface area contributed by atoms with Crippen LogP contribution in [0.1, 0.15) is 6.42 Å². The van der Waals surface area contributed by atoms with Gasteiger partial charge >= 0.3 is 5.97 Å². The zero-order valence-corrected chi connectivity index (χ0v) is 6.93. The lowest BCUT2D eigenvalue weighted by Gasteiger charge is -2.03. The van der Waals surface area contributed by atoms with Crippen molar-refractivity contribution in [2.45, 2.75) is 6.42 Å². The molecule has 0 radical (unpaired) electrons. The van der Waals surface area contributed by atoms with E-state index in [1.165, 1.54) is 12.1 Å². The van der Waals surface area contributed by atoms with Crippen molar-refractivity contribution in [3.05, 3.63) is 24.3 Å². The van der Waals surface area contributed by atoms with E-state index in [0.717, 1.165) is 0 Å². The summed E-state index contributed by atoms with van der Waals surface area (Å²) in [6.45, 7) is 0.139. The lowest BCUT2D eigenvalue weighted by atomic mass is 10.3. The summed E-state index contributed by atoms with van der Waals surface area (Å²) < 4.78 is 5.08. The number of ether oxygens (including phenoxy) is 1. The van der Waals surface area contributed by atoms with Gasteiger partial charge in [-0.15, -0.1) is 0 Å². The van der Waals surface area contributed by atoms with Crippen LogP contribution in [0.5, 0.6) is 11.5 Å². The summed E-state index contributed by atoms with van der Waals surface area (Å²) in [6.07, 6.45) is -0.0269. The maximum atomic E-state index is 10.1. The third-order valence-corrected chi connectivity index (χ3v) is 1.42. The molecule has 0 aromatic heterocycles. The Balaban J connectivity index is 2.37. The molecule has 2 N–H and O–H groups in total. The summed E-state index contributed by atoms with van der Waals surface area (Å²) >= 11 is 0. The molecule has 1 aromatic carbocycles. The Bertz CT molecular complexity index is 278. The first-order valence-electron chi connectivity index (χ1n) is 3.82. The minimum atomic E-state index is -0.890. The molecule has 0 fully saturated rings. The van der Waals surface area contributed by atoms with Gasteiger partial charge in [0.2, 0.25) is 0 Å². The normalized spacial score (nSPS) is 9.54. The van der Waals surface area contributed by atoms with Crippen molar-refractivity contribution in [2.75, 3.05) is 6.61 Å². The number of carbonyl (C=O) groups is 1. The first-order chi connectivity index (χ1) is 6.18. The average Bonchev–Trinajstić information content (AvgIpc) is 2.08. The third kappa shape index (κ3) is 3.46. The molecular formula is C9H10O4. The van der Waals surface area contributed by atoms with Gasteiger partial charge in [-0.2, -0.15) is 0 Å². The quantitative estimate of drug-likeness (QED) is 0.735. The van der Waals surface area contributed by atoms with Crippen molar-refractivity contribution in [2.24, 2.45) is 0 Å². The van der Waals surface area contributed by atoms with Crippen LogP contribution >= 0.6 is 0 Å². The van der Waals surface area contributed by atoms with Crippen molar-refractivity contribution < 1.29 is 19.7 Å². The van der Waals surface area contributed by atoms with Crippen molar-refractivity contribution >= 4 is 5.97 Å². The largest absolute Gasteiger partial charge is 0.508 e. The monoisotopic (exact) mass is 182 g/mol. The molecule has 0 saturated heterocycles. The molecule has 0 heterocycles. The molecule has 0 saturated carbocycles. The highest BCUT2D eigenvalue weighted by molar-refractivity contribution is 5.66. The van der Waals surface area contributed by atoms with Gasteiger partial charge in [0.1, 0.15) is 11.5 Å². The number of aromatic hydroxyl groups is 1. The van der Waals surface area contributed by atoms with E-state index >= 15 is 0 Å². The minimum absolute atomic E-state index is 0.0269. The van der Waals surface area contributed by atoms with Crippen LogP contribution in [0.4, 0.5) is 0 Å². The van der Waals surface area contributed by atoms with E-state index < -0.39 is 5.97 Å². The van der Waals surface area contributed by atoms with Crippen molar-refractivity contribution in [1.82, 2.24) is 0 Å². The molecule has 0 aliphatic rings. The highest BCUT2D eigenvalue weighted by Gasteiger charge is 1.97. The van der Waals surface area contributed by atoms with Crippen LogP contribution < -0.4 is 4.74 Å². The van der Waals surface area contributed by atoms with Gasteiger partial charge in [-0.3, -0.25) is 4.79 Å². The third-order valence-electron chi connectivity index (χ3n) is 1.42. The Morgan fingerprint density at radius 3 is 2.46 bits per heavy atom. The first kappa shape index (κ1) is 9.38. The molecule has 1 rings (SSSR count). The average molecular weight is 182 g/mol. The van der Waals surface area contributed by atoms with Gasteiger partial charge in [-0.1, -0.05) is 0 Å². The van der Waals surface area contributed by atoms with Gasteiger partial charge in [0.15, 0.2) is 0 Å². The van der Waals surface area contributed by atoms with Crippen LogP contribution in [0.25, 0.3) is 0 Å². The molecule has 0 unspecified atom stereocenters. The number of benzene rings is 1. The van der Waals surface area contributed by atoms with Crippen molar-refractivity contribution in [1.29, 1.82) is 0 Å². The first-order valence-corrected chi connectivity index (χ1v) is 3.82. The summed E-state index contributed by atoms with van der Waals surface area (Å²) in [7, 11) is 0. The number of phenols is 1. The predicted molar refractivity (Wildman–Crippen MR) is 45.9 cm³/mol. The summed E-state index contributed by atoms with van der Waals surface area (Å²) in [5, 5.41) is 17.2. The Labute approximate surface area is 75.4 Å². The molecule has 0 aliphatic carbocycles. The van der Waals surface area contributed by atoms with Crippen LogP contribution in [0.2, 0.25) is 0 Å². The molecule has 0 atom stereocenters. The van der Waals surface area contributed by atoms with Gasteiger partial charge < -0.3 is 14.9 Å². The summed E-state index contributed by atoms with van der Waals surface area (Å²) in [5.41, 5.74) is 0. The summed E-state index contributed by atoms with van der Waals surface area (Å²) in [6, 6.07) is 6.13. The second-order valence-corrected chi connectivity index (χ2v) is 2.49. The predicted octanol–water partition coefficient (Wildman–Crippen LogP) is 1.25. The maximum Gasteiger partial charge on any atom is 0.306 e. The SMILES string of the molecule is O=C(O)CCOc1ccc(O)cc1. The standard InChI is InChI=1S/C9H10O4/c10-7-1-3-8(4-2-7)13-6-5-9(11)12/h1-4,10H,5-6H2,(H,11,12). The zero-order valence-electron chi connectivity index (χ0n) is 6.93. The lowest BCUT2D eigenvalue weighted by Crippen LogP contribution is -2.04. The van der Waals surface area contributed by atoms with Crippen LogP contribution in [-0.2, 0) is 4.79 Å². The molecular weight excluding hydrogens is 172 g/mol. The molecule has 13 heavy (non-hydrogen) atoms. The second kappa shape index (κ2) is 4.35. The molecule has 0 amide bonds. The molecule has 0 spiro atoms. The fourth-order valence-electron chi connectivity index (χ4n) is 0.799. The van der Waals surface area contributed by atoms with E-state index in [0.29, 0.717) is 5.75 Å². The van der Waals surface area contributed by atoms with Gasteiger partial charge in [-0.25, -0.2) is 0 Å². The topological polar surface area (TPSA) is 66.8 Å². The molecule has 70 valence electrons. The van der Waals surface area contributed by atoms with E-state index in [-0.39, 0.29) is 18.8 Å². The number of carboxylic acids is 1. The fraction of sp³-hybridized carbons (Fsp3) is 0.222. The number of carboxylic acid groups (broad SMARTS) is 1. The number of rotatable bonds is 4. The Kier molecular flexibility index (Phi) is 3.14. The number of hydrogen-bond acceptors (Lipinski definition) is 3.